The van der Waals surface area contributed by atoms with Crippen molar-refractivity contribution in [3.8, 4) is 0 Å². The molecule has 1 aromatic carbocycles. The van der Waals surface area contributed by atoms with E-state index in [-0.39, 0.29) is 10.8 Å². The van der Waals surface area contributed by atoms with Gasteiger partial charge in [0.1, 0.15) is 0 Å². The summed E-state index contributed by atoms with van der Waals surface area (Å²) in [5.74, 6) is -0.138. The maximum Gasteiger partial charge on any atom is 0.253 e. The standard InChI is InChI=1S/C18H29N3O3S/c1-4-6-10-19(3)18(22)16-8-7-9-17(15-16)25(23,24)21-13-11-20(5-2)12-14-21/h7-9,15H,4-6,10-14H2,1-3H3. The van der Waals surface area contributed by atoms with E-state index in [1.165, 1.54) is 10.4 Å². The van der Waals surface area contributed by atoms with Crippen molar-refractivity contribution in [3.05, 3.63) is 29.8 Å². The Morgan fingerprint density at radius 3 is 2.44 bits per heavy atom. The Balaban J connectivity index is 2.16. The van der Waals surface area contributed by atoms with Crippen molar-refractivity contribution < 1.29 is 13.2 Å². The highest BCUT2D eigenvalue weighted by Crippen LogP contribution is 2.19. The van der Waals surface area contributed by atoms with Crippen molar-refractivity contribution in [3.63, 3.8) is 0 Å². The predicted octanol–water partition coefficient (Wildman–Crippen LogP) is 1.88. The molecule has 0 spiro atoms. The van der Waals surface area contributed by atoms with E-state index >= 15 is 0 Å². The second kappa shape index (κ2) is 8.78. The number of nitrogens with zero attached hydrogens (tertiary/aromatic N) is 3. The van der Waals surface area contributed by atoms with Gasteiger partial charge in [0.2, 0.25) is 10.0 Å². The zero-order valence-electron chi connectivity index (χ0n) is 15.4. The first kappa shape index (κ1) is 19.9. The summed E-state index contributed by atoms with van der Waals surface area (Å²) in [6, 6.07) is 6.41. The summed E-state index contributed by atoms with van der Waals surface area (Å²) in [4.78, 5) is 16.6. The van der Waals surface area contributed by atoms with Crippen LogP contribution in [0.15, 0.2) is 29.2 Å². The molecule has 1 amide bonds. The third kappa shape index (κ3) is 4.80. The summed E-state index contributed by atoms with van der Waals surface area (Å²) in [5.41, 5.74) is 0.423. The Bertz CT molecular complexity index is 683. The van der Waals surface area contributed by atoms with Crippen molar-refractivity contribution in [1.82, 2.24) is 14.1 Å². The lowest BCUT2D eigenvalue weighted by Gasteiger charge is -2.33. The molecule has 6 nitrogen and oxygen atoms in total. The lowest BCUT2D eigenvalue weighted by atomic mass is 10.2. The maximum atomic E-state index is 12.9. The van der Waals surface area contributed by atoms with Crippen molar-refractivity contribution in [1.29, 1.82) is 0 Å². The Hall–Kier alpha value is -1.44. The number of hydrogen-bond donors (Lipinski definition) is 0. The SMILES string of the molecule is CCCCN(C)C(=O)c1cccc(S(=O)(=O)N2CCN(CC)CC2)c1. The number of sulfonamides is 1. The highest BCUT2D eigenvalue weighted by Gasteiger charge is 2.28. The lowest BCUT2D eigenvalue weighted by molar-refractivity contribution is 0.0793. The van der Waals surface area contributed by atoms with Gasteiger partial charge in [-0.25, -0.2) is 8.42 Å². The van der Waals surface area contributed by atoms with E-state index in [0.717, 1.165) is 32.5 Å². The maximum absolute atomic E-state index is 12.9. The summed E-state index contributed by atoms with van der Waals surface area (Å²) < 4.78 is 27.3. The molecular weight excluding hydrogens is 338 g/mol. The molecule has 7 heteroatoms. The van der Waals surface area contributed by atoms with Crippen molar-refractivity contribution in [2.75, 3.05) is 46.3 Å². The molecule has 140 valence electrons. The average molecular weight is 368 g/mol. The number of rotatable bonds is 7. The predicted molar refractivity (Wildman–Crippen MR) is 99.2 cm³/mol. The quantitative estimate of drug-likeness (QED) is 0.738. The van der Waals surface area contributed by atoms with Crippen LogP contribution in [0, 0.1) is 0 Å². The highest BCUT2D eigenvalue weighted by atomic mass is 32.2. The van der Waals surface area contributed by atoms with Gasteiger partial charge in [-0.2, -0.15) is 4.31 Å². The number of unbranched alkanes of at least 4 members (excludes halogenated alkanes) is 1. The minimum Gasteiger partial charge on any atom is -0.342 e. The van der Waals surface area contributed by atoms with E-state index in [2.05, 4.69) is 18.7 Å². The molecule has 0 atom stereocenters. The summed E-state index contributed by atoms with van der Waals surface area (Å²) >= 11 is 0. The topological polar surface area (TPSA) is 60.9 Å². The van der Waals surface area contributed by atoms with Crippen LogP contribution in [0.1, 0.15) is 37.0 Å². The third-order valence-electron chi connectivity index (χ3n) is 4.69. The van der Waals surface area contributed by atoms with Crippen molar-refractivity contribution in [2.24, 2.45) is 0 Å². The molecule has 0 unspecified atom stereocenters. The fourth-order valence-electron chi connectivity index (χ4n) is 2.94. The largest absolute Gasteiger partial charge is 0.342 e. The van der Waals surface area contributed by atoms with E-state index in [4.69, 9.17) is 0 Å². The number of carbonyl (C=O) groups is 1. The molecule has 0 aromatic heterocycles. The second-order valence-electron chi connectivity index (χ2n) is 6.45. The molecule has 0 saturated carbocycles. The fraction of sp³-hybridized carbons (Fsp3) is 0.611. The minimum atomic E-state index is -3.56. The van der Waals surface area contributed by atoms with Crippen molar-refractivity contribution in [2.45, 2.75) is 31.6 Å². The van der Waals surface area contributed by atoms with E-state index in [0.29, 0.717) is 25.2 Å². The van der Waals surface area contributed by atoms with Crippen LogP contribution in [-0.4, -0.2) is 74.7 Å². The second-order valence-corrected chi connectivity index (χ2v) is 8.38. The zero-order valence-corrected chi connectivity index (χ0v) is 16.3. The molecular formula is C18H29N3O3S. The van der Waals surface area contributed by atoms with Gasteiger partial charge in [-0.15, -0.1) is 0 Å². The van der Waals surface area contributed by atoms with Gasteiger partial charge in [0.25, 0.3) is 5.91 Å². The third-order valence-corrected chi connectivity index (χ3v) is 6.59. The molecule has 0 N–H and O–H groups in total. The first-order valence-corrected chi connectivity index (χ1v) is 10.4. The first-order chi connectivity index (χ1) is 11.9. The van der Waals surface area contributed by atoms with Crippen LogP contribution in [0.3, 0.4) is 0 Å². The Morgan fingerprint density at radius 2 is 1.84 bits per heavy atom. The van der Waals surface area contributed by atoms with Gasteiger partial charge in [0.15, 0.2) is 0 Å². The van der Waals surface area contributed by atoms with E-state index in [1.807, 2.05) is 0 Å². The summed E-state index contributed by atoms with van der Waals surface area (Å²) in [7, 11) is -1.80. The van der Waals surface area contributed by atoms with Crippen LogP contribution >= 0.6 is 0 Å². The van der Waals surface area contributed by atoms with Crippen LogP contribution in [-0.2, 0) is 10.0 Å². The van der Waals surface area contributed by atoms with Gasteiger partial charge in [0, 0.05) is 45.3 Å². The van der Waals surface area contributed by atoms with Crippen LogP contribution < -0.4 is 0 Å². The smallest absolute Gasteiger partial charge is 0.253 e. The van der Waals surface area contributed by atoms with Gasteiger partial charge in [-0.05, 0) is 31.2 Å². The number of piperazine rings is 1. The Kier molecular flexibility index (Phi) is 6.98. The number of carbonyl (C=O) groups excluding carboxylic acids is 1. The molecule has 1 fully saturated rings. The minimum absolute atomic E-state index is 0.138. The molecule has 0 bridgehead atoms. The summed E-state index contributed by atoms with van der Waals surface area (Å²) in [6.45, 7) is 8.23. The Labute approximate surface area is 151 Å². The first-order valence-electron chi connectivity index (χ1n) is 8.98. The fourth-order valence-corrected chi connectivity index (χ4v) is 4.41. The van der Waals surface area contributed by atoms with E-state index in [9.17, 15) is 13.2 Å². The van der Waals surface area contributed by atoms with Gasteiger partial charge in [0.05, 0.1) is 4.90 Å². The highest BCUT2D eigenvalue weighted by molar-refractivity contribution is 7.89. The number of hydrogen-bond acceptors (Lipinski definition) is 4. The zero-order chi connectivity index (χ0) is 18.4. The average Bonchev–Trinajstić information content (AvgIpc) is 2.65. The van der Waals surface area contributed by atoms with Gasteiger partial charge in [-0.3, -0.25) is 4.79 Å². The van der Waals surface area contributed by atoms with Gasteiger partial charge in [-0.1, -0.05) is 26.3 Å². The molecule has 2 rings (SSSR count). The van der Waals surface area contributed by atoms with Crippen molar-refractivity contribution >= 4 is 15.9 Å². The number of amides is 1. The lowest BCUT2D eigenvalue weighted by Crippen LogP contribution is -2.48. The molecule has 1 saturated heterocycles. The normalized spacial score (nSPS) is 16.8. The van der Waals surface area contributed by atoms with Crippen LogP contribution in [0.25, 0.3) is 0 Å². The number of benzene rings is 1. The molecule has 25 heavy (non-hydrogen) atoms. The van der Waals surface area contributed by atoms with E-state index < -0.39 is 10.0 Å². The van der Waals surface area contributed by atoms with Crippen LogP contribution in [0.2, 0.25) is 0 Å². The molecule has 1 aromatic rings. The molecule has 1 heterocycles. The molecule has 0 aliphatic carbocycles. The van der Waals surface area contributed by atoms with Gasteiger partial charge < -0.3 is 9.80 Å². The Morgan fingerprint density at radius 1 is 1.16 bits per heavy atom. The summed E-state index contributed by atoms with van der Waals surface area (Å²) in [5, 5.41) is 0. The molecule has 0 radical (unpaired) electrons. The van der Waals surface area contributed by atoms with Crippen LogP contribution in [0.4, 0.5) is 0 Å². The molecule has 1 aliphatic rings. The van der Waals surface area contributed by atoms with E-state index in [1.54, 1.807) is 30.1 Å². The summed E-state index contributed by atoms with van der Waals surface area (Å²) in [6.07, 6.45) is 1.94. The van der Waals surface area contributed by atoms with Gasteiger partial charge >= 0.3 is 0 Å². The monoisotopic (exact) mass is 367 g/mol. The van der Waals surface area contributed by atoms with Crippen LogP contribution in [0.5, 0.6) is 0 Å². The number of likely N-dealkylation sites (N-methyl/N-ethyl adjacent to an activating group) is 1. The molecule has 1 aliphatic heterocycles.